The molecule has 1 heterocycles. The topological polar surface area (TPSA) is 96.7 Å². The van der Waals surface area contributed by atoms with E-state index in [0.29, 0.717) is 15.8 Å². The summed E-state index contributed by atoms with van der Waals surface area (Å²) in [5, 5.41) is 17.8. The first-order valence-corrected chi connectivity index (χ1v) is 7.57. The number of benzene rings is 1. The number of pyridine rings is 1. The summed E-state index contributed by atoms with van der Waals surface area (Å²) < 4.78 is 4.86. The summed E-state index contributed by atoms with van der Waals surface area (Å²) in [6.45, 7) is -0.415. The van der Waals surface area contributed by atoms with Crippen LogP contribution in [0.15, 0.2) is 30.3 Å². The van der Waals surface area contributed by atoms with Crippen molar-refractivity contribution < 1.29 is 24.5 Å². The van der Waals surface area contributed by atoms with Gasteiger partial charge in [0.2, 0.25) is 0 Å². The van der Waals surface area contributed by atoms with E-state index in [1.807, 2.05) is 0 Å². The van der Waals surface area contributed by atoms with E-state index in [4.69, 9.17) is 61.4 Å². The van der Waals surface area contributed by atoms with Gasteiger partial charge in [-0.2, -0.15) is 0 Å². The average molecular weight is 413 g/mol. The van der Waals surface area contributed by atoms with E-state index in [1.54, 1.807) is 6.07 Å². The molecule has 10 heteroatoms. The first-order chi connectivity index (χ1) is 11.2. The first-order valence-electron chi connectivity index (χ1n) is 6.05. The van der Waals surface area contributed by atoms with Crippen molar-refractivity contribution in [2.45, 2.75) is 0 Å². The third-order valence-corrected chi connectivity index (χ3v) is 3.31. The predicted octanol–water partition coefficient (Wildman–Crippen LogP) is 4.54. The molecule has 0 fully saturated rings. The van der Waals surface area contributed by atoms with Gasteiger partial charge in [-0.05, 0) is 30.3 Å². The molecule has 0 radical (unpaired) electrons. The van der Waals surface area contributed by atoms with Crippen molar-refractivity contribution in [2.24, 2.45) is 0 Å². The van der Waals surface area contributed by atoms with E-state index in [1.165, 1.54) is 24.3 Å². The van der Waals surface area contributed by atoms with Gasteiger partial charge in [-0.25, -0.2) is 14.6 Å². The standard InChI is InChI=1S/C8H6Cl2O3.C6H3Cl2NO2/c9-5-1-2-7(6(10)3-5)13-4-8(11)12;7-3-1-2-4(8)9-5(3)6(10)11/h1-3H,4H2,(H,11,12);1-2H,(H,10,11). The van der Waals surface area contributed by atoms with Crippen LogP contribution in [-0.2, 0) is 4.79 Å². The van der Waals surface area contributed by atoms with E-state index >= 15 is 0 Å². The van der Waals surface area contributed by atoms with E-state index < -0.39 is 18.5 Å². The maximum Gasteiger partial charge on any atom is 0.356 e. The van der Waals surface area contributed by atoms with Crippen molar-refractivity contribution in [3.8, 4) is 5.75 Å². The van der Waals surface area contributed by atoms with Gasteiger partial charge in [0, 0.05) is 5.02 Å². The molecular formula is C14H9Cl4NO5. The molecule has 0 spiro atoms. The molecule has 0 amide bonds. The Kier molecular flexibility index (Phi) is 8.07. The maximum absolute atomic E-state index is 10.4. The van der Waals surface area contributed by atoms with Crippen LogP contribution in [0.2, 0.25) is 20.2 Å². The molecule has 0 aliphatic carbocycles. The molecule has 0 unspecified atom stereocenters. The Hall–Kier alpha value is -1.73. The molecule has 2 rings (SSSR count). The molecule has 0 aliphatic rings. The van der Waals surface area contributed by atoms with E-state index in [2.05, 4.69) is 4.98 Å². The molecule has 2 aromatic rings. The highest BCUT2D eigenvalue weighted by Crippen LogP contribution is 2.27. The maximum atomic E-state index is 10.4. The van der Waals surface area contributed by atoms with Crippen molar-refractivity contribution in [3.63, 3.8) is 0 Å². The van der Waals surface area contributed by atoms with Crippen LogP contribution in [0.5, 0.6) is 5.75 Å². The van der Waals surface area contributed by atoms with Crippen molar-refractivity contribution in [3.05, 3.63) is 56.2 Å². The van der Waals surface area contributed by atoms with Crippen LogP contribution in [0.1, 0.15) is 10.5 Å². The Morgan fingerprint density at radius 1 is 1.00 bits per heavy atom. The van der Waals surface area contributed by atoms with E-state index in [-0.39, 0.29) is 15.9 Å². The van der Waals surface area contributed by atoms with Crippen molar-refractivity contribution in [2.75, 3.05) is 6.61 Å². The zero-order chi connectivity index (χ0) is 18.3. The van der Waals surface area contributed by atoms with Crippen molar-refractivity contribution in [1.82, 2.24) is 4.98 Å². The molecule has 0 saturated heterocycles. The van der Waals surface area contributed by atoms with Gasteiger partial charge in [-0.15, -0.1) is 0 Å². The zero-order valence-corrected chi connectivity index (χ0v) is 14.7. The van der Waals surface area contributed by atoms with Crippen LogP contribution in [0.25, 0.3) is 0 Å². The monoisotopic (exact) mass is 411 g/mol. The van der Waals surface area contributed by atoms with Crippen LogP contribution in [-0.4, -0.2) is 33.7 Å². The van der Waals surface area contributed by atoms with Crippen LogP contribution in [0, 0.1) is 0 Å². The molecule has 1 aromatic carbocycles. The summed E-state index contributed by atoms with van der Waals surface area (Å²) in [4.78, 5) is 24.0. The SMILES string of the molecule is O=C(O)COc1ccc(Cl)cc1Cl.O=C(O)c1nc(Cl)ccc1Cl. The van der Waals surface area contributed by atoms with Crippen molar-refractivity contribution >= 4 is 58.3 Å². The van der Waals surface area contributed by atoms with Gasteiger partial charge in [0.15, 0.2) is 12.3 Å². The highest BCUT2D eigenvalue weighted by Gasteiger charge is 2.10. The number of halogens is 4. The number of carbonyl (C=O) groups is 2. The molecule has 0 atom stereocenters. The molecule has 0 bridgehead atoms. The molecule has 24 heavy (non-hydrogen) atoms. The number of aliphatic carboxylic acids is 1. The van der Waals surface area contributed by atoms with Crippen LogP contribution in [0.3, 0.4) is 0 Å². The third kappa shape index (κ3) is 6.80. The fraction of sp³-hybridized carbons (Fsp3) is 0.0714. The van der Waals surface area contributed by atoms with Crippen LogP contribution in [0.4, 0.5) is 0 Å². The molecule has 0 saturated carbocycles. The largest absolute Gasteiger partial charge is 0.480 e. The summed E-state index contributed by atoms with van der Waals surface area (Å²) in [6, 6.07) is 7.40. The number of carboxylic acids is 2. The number of hydrogen-bond acceptors (Lipinski definition) is 4. The Balaban J connectivity index is 0.000000243. The lowest BCUT2D eigenvalue weighted by molar-refractivity contribution is -0.139. The molecule has 0 aliphatic heterocycles. The quantitative estimate of drug-likeness (QED) is 0.715. The van der Waals surface area contributed by atoms with E-state index in [0.717, 1.165) is 0 Å². The third-order valence-electron chi connectivity index (χ3n) is 2.26. The second-order valence-corrected chi connectivity index (χ2v) is 5.66. The fourth-order valence-corrected chi connectivity index (χ4v) is 2.10. The number of carboxylic acid groups (broad SMARTS) is 2. The summed E-state index contributed by atoms with van der Waals surface area (Å²) in [5.74, 6) is -1.92. The van der Waals surface area contributed by atoms with Crippen LogP contribution < -0.4 is 4.74 Å². The lowest BCUT2D eigenvalue weighted by atomic mass is 10.3. The number of hydrogen-bond donors (Lipinski definition) is 2. The summed E-state index contributed by atoms with van der Waals surface area (Å²) >= 11 is 22.3. The van der Waals surface area contributed by atoms with Gasteiger partial charge in [-0.1, -0.05) is 46.4 Å². The minimum atomic E-state index is -1.18. The Morgan fingerprint density at radius 2 is 1.67 bits per heavy atom. The van der Waals surface area contributed by atoms with Gasteiger partial charge in [0.05, 0.1) is 10.0 Å². The Labute approximate surface area is 156 Å². The number of aromatic nitrogens is 1. The zero-order valence-electron chi connectivity index (χ0n) is 11.7. The lowest BCUT2D eigenvalue weighted by Crippen LogP contribution is -2.09. The second kappa shape index (κ2) is 9.54. The number of aromatic carboxylic acids is 1. The summed E-state index contributed by atoms with van der Waals surface area (Å²) in [7, 11) is 0. The predicted molar refractivity (Wildman–Crippen MR) is 90.8 cm³/mol. The van der Waals surface area contributed by atoms with Crippen molar-refractivity contribution in [1.29, 1.82) is 0 Å². The second-order valence-electron chi connectivity index (χ2n) is 4.03. The smallest absolute Gasteiger partial charge is 0.356 e. The summed E-state index contributed by atoms with van der Waals surface area (Å²) in [6.07, 6.45) is 0. The molecule has 6 nitrogen and oxygen atoms in total. The van der Waals surface area contributed by atoms with Crippen LogP contribution >= 0.6 is 46.4 Å². The van der Waals surface area contributed by atoms with Gasteiger partial charge in [-0.3, -0.25) is 0 Å². The van der Waals surface area contributed by atoms with Gasteiger partial charge in [0.25, 0.3) is 0 Å². The first kappa shape index (κ1) is 20.3. The normalized spacial score (nSPS) is 9.67. The fourth-order valence-electron chi connectivity index (χ4n) is 1.30. The minimum Gasteiger partial charge on any atom is -0.480 e. The summed E-state index contributed by atoms with van der Waals surface area (Å²) in [5.41, 5.74) is -0.223. The number of ether oxygens (including phenoxy) is 1. The van der Waals surface area contributed by atoms with Gasteiger partial charge >= 0.3 is 11.9 Å². The highest BCUT2D eigenvalue weighted by atomic mass is 35.5. The minimum absolute atomic E-state index is 0.0851. The Bertz CT molecular complexity index is 754. The van der Waals surface area contributed by atoms with Gasteiger partial charge < -0.3 is 14.9 Å². The van der Waals surface area contributed by atoms with Gasteiger partial charge in [0.1, 0.15) is 10.9 Å². The molecule has 128 valence electrons. The lowest BCUT2D eigenvalue weighted by Gasteiger charge is -2.04. The highest BCUT2D eigenvalue weighted by molar-refractivity contribution is 6.35. The number of nitrogens with zero attached hydrogens (tertiary/aromatic N) is 1. The average Bonchev–Trinajstić information content (AvgIpc) is 2.49. The Morgan fingerprint density at radius 3 is 2.17 bits per heavy atom. The molecular weight excluding hydrogens is 404 g/mol. The number of rotatable bonds is 4. The van der Waals surface area contributed by atoms with E-state index in [9.17, 15) is 9.59 Å². The molecule has 2 N–H and O–H groups in total. The molecule has 1 aromatic heterocycles.